The smallest absolute Gasteiger partial charge is 0.163 e. The Morgan fingerprint density at radius 2 is 2.14 bits per heavy atom. The number of rotatable bonds is 4. The van der Waals surface area contributed by atoms with Gasteiger partial charge in [-0.2, -0.15) is 5.26 Å². The first-order chi connectivity index (χ1) is 6.76. The Bertz CT molecular complexity index is 320. The number of benzene rings is 1. The maximum atomic E-state index is 13.0. The third kappa shape index (κ3) is 3.27. The second-order valence-corrected chi connectivity index (χ2v) is 3.78. The molecule has 0 N–H and O–H groups in total. The summed E-state index contributed by atoms with van der Waals surface area (Å²) in [5, 5.41) is 8.27. The Morgan fingerprint density at radius 1 is 1.50 bits per heavy atom. The molecule has 1 unspecified atom stereocenters. The summed E-state index contributed by atoms with van der Waals surface area (Å²) < 4.78 is 17.9. The van der Waals surface area contributed by atoms with Gasteiger partial charge in [-0.05, 0) is 24.3 Å². The highest BCUT2D eigenvalue weighted by Crippen LogP contribution is 2.27. The van der Waals surface area contributed by atoms with E-state index in [1.165, 1.54) is 0 Å². The molecule has 0 aliphatic heterocycles. The summed E-state index contributed by atoms with van der Waals surface area (Å²) in [5.74, 6) is 0.741. The van der Waals surface area contributed by atoms with Crippen LogP contribution in [-0.4, -0.2) is 12.6 Å². The van der Waals surface area contributed by atoms with E-state index < -0.39 is 5.50 Å². The van der Waals surface area contributed by atoms with E-state index in [0.717, 1.165) is 22.4 Å². The van der Waals surface area contributed by atoms with Crippen LogP contribution in [0, 0.1) is 11.3 Å². The van der Waals surface area contributed by atoms with Gasteiger partial charge in [0.1, 0.15) is 5.75 Å². The number of alkyl halides is 1. The molecule has 0 saturated carbocycles. The predicted molar refractivity (Wildman–Crippen MR) is 54.0 cm³/mol. The lowest BCUT2D eigenvalue weighted by Gasteiger charge is -2.04. The Kier molecular flexibility index (Phi) is 4.27. The van der Waals surface area contributed by atoms with E-state index in [9.17, 15) is 4.39 Å². The maximum absolute atomic E-state index is 13.0. The second kappa shape index (κ2) is 5.51. The lowest BCUT2D eigenvalue weighted by atomic mass is 10.3. The number of hydrogen-bond donors (Lipinski definition) is 0. The molecule has 1 rings (SSSR count). The van der Waals surface area contributed by atoms with Gasteiger partial charge in [-0.25, -0.2) is 4.39 Å². The largest absolute Gasteiger partial charge is 0.497 e. The minimum absolute atomic E-state index is 0.0866. The molecule has 0 amide bonds. The second-order valence-electron chi connectivity index (χ2n) is 2.57. The Hall–Kier alpha value is -1.21. The molecule has 2 nitrogen and oxygen atoms in total. The van der Waals surface area contributed by atoms with Crippen LogP contribution >= 0.6 is 11.8 Å². The molecule has 1 atom stereocenters. The van der Waals surface area contributed by atoms with Gasteiger partial charge in [0.15, 0.2) is 5.50 Å². The summed E-state index contributed by atoms with van der Waals surface area (Å²) in [6.45, 7) is 0. The molecule has 0 radical (unpaired) electrons. The quantitative estimate of drug-likeness (QED) is 0.718. The topological polar surface area (TPSA) is 33.0 Å². The van der Waals surface area contributed by atoms with E-state index in [-0.39, 0.29) is 6.42 Å². The molecule has 0 aliphatic carbocycles. The van der Waals surface area contributed by atoms with Gasteiger partial charge in [0.25, 0.3) is 0 Å². The van der Waals surface area contributed by atoms with Crippen LogP contribution in [0.4, 0.5) is 4.39 Å². The van der Waals surface area contributed by atoms with E-state index in [2.05, 4.69) is 0 Å². The fourth-order valence-electron chi connectivity index (χ4n) is 0.915. The summed E-state index contributed by atoms with van der Waals surface area (Å²) in [6.07, 6.45) is -0.0866. The summed E-state index contributed by atoms with van der Waals surface area (Å²) in [5.41, 5.74) is -1.16. The average molecular weight is 211 g/mol. The molecule has 14 heavy (non-hydrogen) atoms. The van der Waals surface area contributed by atoms with Crippen molar-refractivity contribution in [3.8, 4) is 11.8 Å². The summed E-state index contributed by atoms with van der Waals surface area (Å²) in [6, 6.07) is 8.86. The van der Waals surface area contributed by atoms with Crippen LogP contribution in [0.2, 0.25) is 0 Å². The Morgan fingerprint density at radius 3 is 2.64 bits per heavy atom. The highest BCUT2D eigenvalue weighted by atomic mass is 32.2. The third-order valence-corrected chi connectivity index (χ3v) is 2.54. The highest BCUT2D eigenvalue weighted by molar-refractivity contribution is 7.99. The summed E-state index contributed by atoms with van der Waals surface area (Å²) in [7, 11) is 1.58. The SMILES string of the molecule is COc1ccc(SC(F)CC#N)cc1. The number of nitrogens with zero attached hydrogens (tertiary/aromatic N) is 1. The zero-order valence-corrected chi connectivity index (χ0v) is 8.55. The molecule has 1 aromatic rings. The Labute approximate surface area is 86.7 Å². The Balaban J connectivity index is 2.56. The molecule has 0 saturated heterocycles. The van der Waals surface area contributed by atoms with E-state index in [4.69, 9.17) is 10.00 Å². The van der Waals surface area contributed by atoms with Crippen molar-refractivity contribution in [3.63, 3.8) is 0 Å². The summed E-state index contributed by atoms with van der Waals surface area (Å²) >= 11 is 1.04. The first kappa shape index (κ1) is 10.9. The lowest BCUT2D eigenvalue weighted by molar-refractivity contribution is 0.414. The van der Waals surface area contributed by atoms with E-state index >= 15 is 0 Å². The number of hydrogen-bond acceptors (Lipinski definition) is 3. The van der Waals surface area contributed by atoms with E-state index in [0.29, 0.717) is 0 Å². The van der Waals surface area contributed by atoms with Crippen molar-refractivity contribution in [1.82, 2.24) is 0 Å². The van der Waals surface area contributed by atoms with Crippen LogP contribution in [0.25, 0.3) is 0 Å². The molecule has 0 spiro atoms. The molecule has 0 bridgehead atoms. The van der Waals surface area contributed by atoms with Crippen molar-refractivity contribution in [2.45, 2.75) is 16.8 Å². The molecule has 0 aliphatic rings. The molecule has 74 valence electrons. The molecule has 0 heterocycles. The molecular weight excluding hydrogens is 201 g/mol. The minimum Gasteiger partial charge on any atom is -0.497 e. The number of halogens is 1. The first-order valence-corrected chi connectivity index (χ1v) is 4.96. The van der Waals surface area contributed by atoms with Crippen molar-refractivity contribution >= 4 is 11.8 Å². The molecule has 0 fully saturated rings. The fourth-order valence-corrected chi connectivity index (χ4v) is 1.66. The zero-order valence-electron chi connectivity index (χ0n) is 7.74. The van der Waals surface area contributed by atoms with Crippen molar-refractivity contribution in [2.75, 3.05) is 7.11 Å². The van der Waals surface area contributed by atoms with Crippen LogP contribution in [0.5, 0.6) is 5.75 Å². The van der Waals surface area contributed by atoms with Gasteiger partial charge in [0.2, 0.25) is 0 Å². The normalized spacial score (nSPS) is 11.8. The van der Waals surface area contributed by atoms with Gasteiger partial charge < -0.3 is 4.74 Å². The average Bonchev–Trinajstić information content (AvgIpc) is 2.19. The van der Waals surface area contributed by atoms with Gasteiger partial charge >= 0.3 is 0 Å². The fraction of sp³-hybridized carbons (Fsp3) is 0.300. The zero-order chi connectivity index (χ0) is 10.4. The van der Waals surface area contributed by atoms with Crippen LogP contribution < -0.4 is 4.74 Å². The van der Waals surface area contributed by atoms with Crippen molar-refractivity contribution < 1.29 is 9.13 Å². The van der Waals surface area contributed by atoms with Crippen LogP contribution in [0.15, 0.2) is 29.2 Å². The number of thioether (sulfide) groups is 1. The molecule has 0 aromatic heterocycles. The van der Waals surface area contributed by atoms with Crippen LogP contribution in [-0.2, 0) is 0 Å². The highest BCUT2D eigenvalue weighted by Gasteiger charge is 2.07. The number of methoxy groups -OCH3 is 1. The van der Waals surface area contributed by atoms with Gasteiger partial charge in [-0.1, -0.05) is 11.8 Å². The van der Waals surface area contributed by atoms with E-state index in [1.54, 1.807) is 37.4 Å². The maximum Gasteiger partial charge on any atom is 0.163 e. The minimum atomic E-state index is -1.16. The van der Waals surface area contributed by atoms with Gasteiger partial charge in [0, 0.05) is 4.90 Å². The predicted octanol–water partition coefficient (Wildman–Crippen LogP) is 3.00. The lowest BCUT2D eigenvalue weighted by Crippen LogP contribution is -1.90. The van der Waals surface area contributed by atoms with E-state index in [1.807, 2.05) is 0 Å². The van der Waals surface area contributed by atoms with Crippen molar-refractivity contribution in [1.29, 1.82) is 5.26 Å². The van der Waals surface area contributed by atoms with Gasteiger partial charge in [-0.3, -0.25) is 0 Å². The molecule has 1 aromatic carbocycles. The van der Waals surface area contributed by atoms with Crippen molar-refractivity contribution in [2.24, 2.45) is 0 Å². The standard InChI is InChI=1S/C10H10FNOS/c1-13-8-2-4-9(5-3-8)14-10(11)6-7-12/h2-5,10H,6H2,1H3. The first-order valence-electron chi connectivity index (χ1n) is 4.08. The molecule has 4 heteroatoms. The number of ether oxygens (including phenoxy) is 1. The van der Waals surface area contributed by atoms with Crippen LogP contribution in [0.1, 0.15) is 6.42 Å². The van der Waals surface area contributed by atoms with Gasteiger partial charge in [-0.15, -0.1) is 0 Å². The van der Waals surface area contributed by atoms with Gasteiger partial charge in [0.05, 0.1) is 19.6 Å². The van der Waals surface area contributed by atoms with Crippen molar-refractivity contribution in [3.05, 3.63) is 24.3 Å². The monoisotopic (exact) mass is 211 g/mol. The third-order valence-electron chi connectivity index (χ3n) is 1.58. The molecular formula is C10H10FNOS. The summed E-state index contributed by atoms with van der Waals surface area (Å²) in [4.78, 5) is 0.800. The number of nitriles is 1. The van der Waals surface area contributed by atoms with Crippen LogP contribution in [0.3, 0.4) is 0 Å².